The second kappa shape index (κ2) is 6.49. The highest BCUT2D eigenvalue weighted by Crippen LogP contribution is 2.39. The van der Waals surface area contributed by atoms with Gasteiger partial charge in [-0.25, -0.2) is 0 Å². The number of hydrogen-bond acceptors (Lipinski definition) is 4. The first-order valence-electron chi connectivity index (χ1n) is 6.64. The number of ether oxygens (including phenoxy) is 1. The molecule has 1 aliphatic rings. The van der Waals surface area contributed by atoms with Gasteiger partial charge >= 0.3 is 0 Å². The van der Waals surface area contributed by atoms with Crippen LogP contribution in [0.2, 0.25) is 0 Å². The zero-order valence-corrected chi connectivity index (χ0v) is 12.8. The number of methoxy groups -OCH3 is 1. The molecular weight excluding hydrogens is 268 g/mol. The Morgan fingerprint density at radius 3 is 2.26 bits per heavy atom. The molecule has 0 bridgehead atoms. The van der Waals surface area contributed by atoms with Crippen LogP contribution in [0.25, 0.3) is 0 Å². The monoisotopic (exact) mass is 294 g/mol. The van der Waals surface area contributed by atoms with Crippen LogP contribution in [0.3, 0.4) is 0 Å². The van der Waals surface area contributed by atoms with Crippen LogP contribution in [-0.2, 0) is 14.9 Å². The Morgan fingerprint density at radius 2 is 1.74 bits per heavy atom. The van der Waals surface area contributed by atoms with Crippen molar-refractivity contribution in [1.29, 1.82) is 0 Å². The minimum Gasteiger partial charge on any atom is -0.389 e. The van der Waals surface area contributed by atoms with Gasteiger partial charge in [0.2, 0.25) is 0 Å². The van der Waals surface area contributed by atoms with Crippen LogP contribution in [0.1, 0.15) is 39.5 Å². The summed E-state index contributed by atoms with van der Waals surface area (Å²) in [6.45, 7) is 4.94. The molecule has 19 heavy (non-hydrogen) atoms. The van der Waals surface area contributed by atoms with Crippen molar-refractivity contribution in [2.45, 2.75) is 45.1 Å². The number of rotatable bonds is 7. The van der Waals surface area contributed by atoms with Crippen molar-refractivity contribution in [3.63, 3.8) is 0 Å². The molecule has 0 aromatic rings. The molecule has 0 saturated heterocycles. The Hall–Kier alpha value is -0.210. The highest BCUT2D eigenvalue weighted by atomic mass is 32.2. The minimum absolute atomic E-state index is 0.0609. The molecule has 0 aromatic carbocycles. The molecule has 3 N–H and O–H groups in total. The predicted octanol–water partition coefficient (Wildman–Crippen LogP) is 0.388. The summed E-state index contributed by atoms with van der Waals surface area (Å²) in [5, 5.41) is 10.4. The van der Waals surface area contributed by atoms with Crippen molar-refractivity contribution in [2.24, 2.45) is 5.41 Å². The fraction of sp³-hybridized carbons (Fsp3) is 1.00. The summed E-state index contributed by atoms with van der Waals surface area (Å²) in [6.07, 6.45) is 3.06. The molecule has 0 amide bonds. The van der Waals surface area contributed by atoms with E-state index in [2.05, 4.69) is 23.3 Å². The Labute approximate surface area is 116 Å². The fourth-order valence-corrected chi connectivity index (χ4v) is 3.04. The maximum atomic E-state index is 11.6. The van der Waals surface area contributed by atoms with Gasteiger partial charge in [-0.2, -0.15) is 17.9 Å². The van der Waals surface area contributed by atoms with Crippen LogP contribution < -0.4 is 9.44 Å². The van der Waals surface area contributed by atoms with Crippen LogP contribution >= 0.6 is 0 Å². The lowest BCUT2D eigenvalue weighted by atomic mass is 9.71. The first-order valence-corrected chi connectivity index (χ1v) is 8.12. The molecule has 0 atom stereocenters. The van der Waals surface area contributed by atoms with Crippen LogP contribution in [0, 0.1) is 5.41 Å². The quantitative estimate of drug-likeness (QED) is 0.593. The van der Waals surface area contributed by atoms with Crippen LogP contribution in [0.15, 0.2) is 0 Å². The van der Waals surface area contributed by atoms with E-state index in [0.717, 1.165) is 12.8 Å². The molecule has 0 aromatic heterocycles. The molecule has 7 heteroatoms. The number of hydrogen-bond donors (Lipinski definition) is 3. The van der Waals surface area contributed by atoms with Crippen molar-refractivity contribution < 1.29 is 18.3 Å². The van der Waals surface area contributed by atoms with Gasteiger partial charge in [0.15, 0.2) is 0 Å². The van der Waals surface area contributed by atoms with E-state index in [1.54, 1.807) is 0 Å². The topological polar surface area (TPSA) is 87.7 Å². The second-order valence-corrected chi connectivity index (χ2v) is 7.68. The van der Waals surface area contributed by atoms with E-state index < -0.39 is 15.8 Å². The highest BCUT2D eigenvalue weighted by Gasteiger charge is 2.37. The number of aliphatic hydroxyl groups is 1. The summed E-state index contributed by atoms with van der Waals surface area (Å²) < 4.78 is 32.8. The van der Waals surface area contributed by atoms with E-state index in [1.807, 2.05) is 0 Å². The van der Waals surface area contributed by atoms with Gasteiger partial charge in [0, 0.05) is 20.2 Å². The molecule has 1 fully saturated rings. The van der Waals surface area contributed by atoms with Crippen LogP contribution in [0.4, 0.5) is 0 Å². The van der Waals surface area contributed by atoms with Crippen molar-refractivity contribution in [2.75, 3.05) is 26.8 Å². The molecule has 0 aliphatic heterocycles. The van der Waals surface area contributed by atoms with Gasteiger partial charge in [-0.15, -0.1) is 0 Å². The lowest BCUT2D eigenvalue weighted by Gasteiger charge is -2.40. The normalized spacial score (nSPS) is 22.3. The molecule has 0 spiro atoms. The average molecular weight is 294 g/mol. The van der Waals surface area contributed by atoms with Crippen molar-refractivity contribution >= 4 is 10.2 Å². The van der Waals surface area contributed by atoms with E-state index in [0.29, 0.717) is 19.4 Å². The first kappa shape index (κ1) is 16.8. The third kappa shape index (κ3) is 6.18. The Bertz CT molecular complexity index is 371. The lowest BCUT2D eigenvalue weighted by Crippen LogP contribution is -2.49. The summed E-state index contributed by atoms with van der Waals surface area (Å²) in [5.74, 6) is 0. The van der Waals surface area contributed by atoms with Gasteiger partial charge in [0.05, 0.1) is 12.2 Å². The van der Waals surface area contributed by atoms with E-state index >= 15 is 0 Å². The predicted molar refractivity (Wildman–Crippen MR) is 74.0 cm³/mol. The molecule has 0 unspecified atom stereocenters. The van der Waals surface area contributed by atoms with Crippen LogP contribution in [0.5, 0.6) is 0 Å². The average Bonchev–Trinajstić information content (AvgIpc) is 2.32. The van der Waals surface area contributed by atoms with Gasteiger partial charge < -0.3 is 9.84 Å². The van der Waals surface area contributed by atoms with Gasteiger partial charge in [-0.1, -0.05) is 13.8 Å². The molecular formula is C12H26N2O4S. The largest absolute Gasteiger partial charge is 0.389 e. The lowest BCUT2D eigenvalue weighted by molar-refractivity contribution is -0.0206. The summed E-state index contributed by atoms with van der Waals surface area (Å²) in [7, 11) is -2.05. The van der Waals surface area contributed by atoms with Gasteiger partial charge in [-0.05, 0) is 31.1 Å². The highest BCUT2D eigenvalue weighted by molar-refractivity contribution is 7.87. The summed E-state index contributed by atoms with van der Waals surface area (Å²) >= 11 is 0. The molecule has 1 rings (SSSR count). The molecule has 0 heterocycles. The summed E-state index contributed by atoms with van der Waals surface area (Å²) in [5.41, 5.74) is -0.687. The Morgan fingerprint density at radius 1 is 1.16 bits per heavy atom. The molecule has 1 aliphatic carbocycles. The molecule has 114 valence electrons. The van der Waals surface area contributed by atoms with Gasteiger partial charge in [-0.3, -0.25) is 0 Å². The third-order valence-corrected chi connectivity index (χ3v) is 4.83. The van der Waals surface area contributed by atoms with Gasteiger partial charge in [0.1, 0.15) is 0 Å². The Balaban J connectivity index is 2.39. The molecule has 6 nitrogen and oxygen atoms in total. The zero-order chi connectivity index (χ0) is 14.6. The summed E-state index contributed by atoms with van der Waals surface area (Å²) in [4.78, 5) is 0. The van der Waals surface area contributed by atoms with E-state index in [9.17, 15) is 13.5 Å². The summed E-state index contributed by atoms with van der Waals surface area (Å²) in [6, 6.07) is 0. The molecule has 1 saturated carbocycles. The van der Waals surface area contributed by atoms with Gasteiger partial charge in [0.25, 0.3) is 10.2 Å². The molecule has 0 radical (unpaired) electrons. The van der Waals surface area contributed by atoms with Crippen molar-refractivity contribution in [3.8, 4) is 0 Å². The van der Waals surface area contributed by atoms with E-state index in [-0.39, 0.29) is 18.5 Å². The smallest absolute Gasteiger partial charge is 0.277 e. The van der Waals surface area contributed by atoms with E-state index in [1.165, 1.54) is 7.11 Å². The SMILES string of the molecule is COCCNS(=O)(=O)NCC1(O)CCC(C)(C)CC1. The fourth-order valence-electron chi connectivity index (χ4n) is 2.13. The minimum atomic E-state index is -3.56. The third-order valence-electron chi connectivity index (χ3n) is 3.72. The first-order chi connectivity index (χ1) is 8.68. The van der Waals surface area contributed by atoms with Crippen molar-refractivity contribution in [3.05, 3.63) is 0 Å². The second-order valence-electron chi connectivity index (χ2n) is 6.10. The zero-order valence-electron chi connectivity index (χ0n) is 12.0. The van der Waals surface area contributed by atoms with Crippen molar-refractivity contribution in [1.82, 2.24) is 9.44 Å². The maximum Gasteiger partial charge on any atom is 0.277 e. The number of nitrogens with one attached hydrogen (secondary N) is 2. The van der Waals surface area contributed by atoms with E-state index in [4.69, 9.17) is 4.74 Å². The standard InChI is InChI=1S/C12H26N2O4S/c1-11(2)4-6-12(15,7-5-11)10-14-19(16,17)13-8-9-18-3/h13-15H,4-10H2,1-3H3. The Kier molecular flexibility index (Phi) is 5.76. The maximum absolute atomic E-state index is 11.6. The van der Waals surface area contributed by atoms with Crippen LogP contribution in [-0.4, -0.2) is 45.9 Å².